The fourth-order valence-corrected chi connectivity index (χ4v) is 4.53. The van der Waals surface area contributed by atoms with Crippen molar-refractivity contribution in [2.45, 2.75) is 31.4 Å². The van der Waals surface area contributed by atoms with Crippen LogP contribution < -0.4 is 5.32 Å². The maximum Gasteiger partial charge on any atom is 0.337 e. The number of carbonyl (C=O) groups excluding carboxylic acids is 1. The quantitative estimate of drug-likeness (QED) is 0.569. The molecule has 2 aliphatic rings. The Bertz CT molecular complexity index is 1140. The average molecular weight is 531 g/mol. The van der Waals surface area contributed by atoms with Crippen LogP contribution in [0.4, 0.5) is 13.2 Å². The number of thiazole rings is 1. The Balaban J connectivity index is 0.000000420. The molecule has 2 aromatic rings. The van der Waals surface area contributed by atoms with Gasteiger partial charge in [0, 0.05) is 18.7 Å². The number of aromatic nitrogens is 1. The molecule has 3 heterocycles. The van der Waals surface area contributed by atoms with Crippen LogP contribution in [0.3, 0.4) is 0 Å². The highest BCUT2D eigenvalue weighted by Crippen LogP contribution is 2.33. The molecule has 1 saturated heterocycles. The van der Waals surface area contributed by atoms with Crippen LogP contribution in [0.15, 0.2) is 52.8 Å². The van der Waals surface area contributed by atoms with Gasteiger partial charge in [-0.05, 0) is 19.1 Å². The van der Waals surface area contributed by atoms with E-state index in [2.05, 4.69) is 15.3 Å². The number of methoxy groups -OCH3 is 1. The van der Waals surface area contributed by atoms with Gasteiger partial charge in [0.15, 0.2) is 10.8 Å². The van der Waals surface area contributed by atoms with Crippen molar-refractivity contribution in [1.82, 2.24) is 15.2 Å². The monoisotopic (exact) mass is 530 g/mol. The van der Waals surface area contributed by atoms with Gasteiger partial charge in [0.05, 0.1) is 31.5 Å². The molecule has 0 saturated carbocycles. The molecule has 0 spiro atoms. The number of amidine groups is 1. The molecule has 2 N–H and O–H groups in total. The highest BCUT2D eigenvalue weighted by molar-refractivity contribution is 7.17. The molecule has 1 aromatic heterocycles. The van der Waals surface area contributed by atoms with Gasteiger partial charge in [-0.2, -0.15) is 0 Å². The minimum atomic E-state index is -3.13. The Labute approximate surface area is 208 Å². The largest absolute Gasteiger partial charge is 0.480 e. The van der Waals surface area contributed by atoms with Crippen molar-refractivity contribution < 1.29 is 32.6 Å². The van der Waals surface area contributed by atoms with Gasteiger partial charge < -0.3 is 15.2 Å². The van der Waals surface area contributed by atoms with Crippen LogP contribution in [0.5, 0.6) is 0 Å². The second-order valence-corrected chi connectivity index (χ2v) is 9.41. The van der Waals surface area contributed by atoms with Crippen LogP contribution in [0.25, 0.3) is 0 Å². The first-order chi connectivity index (χ1) is 16.5. The molecule has 1 aromatic carbocycles. The Morgan fingerprint density at radius 1 is 1.34 bits per heavy atom. The third kappa shape index (κ3) is 6.80. The smallest absolute Gasteiger partial charge is 0.337 e. The molecule has 2 unspecified atom stereocenters. The van der Waals surface area contributed by atoms with E-state index < -0.39 is 42.9 Å². The van der Waals surface area contributed by atoms with Gasteiger partial charge in [-0.1, -0.05) is 41.1 Å². The second kappa shape index (κ2) is 11.2. The number of ether oxygens (including phenoxy) is 1. The number of esters is 1. The zero-order valence-corrected chi connectivity index (χ0v) is 20.2. The molecule has 8 nitrogen and oxygen atoms in total. The van der Waals surface area contributed by atoms with Gasteiger partial charge in [-0.25, -0.2) is 22.9 Å². The number of aliphatic carboxylic acids is 1. The number of carbonyl (C=O) groups is 2. The van der Waals surface area contributed by atoms with E-state index in [9.17, 15) is 27.9 Å². The minimum absolute atomic E-state index is 0.147. The number of aliphatic imine (C=N–C) groups is 1. The summed E-state index contributed by atoms with van der Waals surface area (Å²) in [5.41, 5.74) is 0.396. The fourth-order valence-electron chi connectivity index (χ4n) is 3.67. The van der Waals surface area contributed by atoms with Crippen molar-refractivity contribution in [3.8, 4) is 0 Å². The van der Waals surface area contributed by atoms with Crippen molar-refractivity contribution in [3.05, 3.63) is 63.0 Å². The minimum Gasteiger partial charge on any atom is -0.480 e. The number of nitrogens with zero attached hydrogens (tertiary/aromatic N) is 3. The van der Waals surface area contributed by atoms with E-state index in [-0.39, 0.29) is 23.6 Å². The number of hydrogen-bond donors (Lipinski definition) is 2. The van der Waals surface area contributed by atoms with E-state index >= 15 is 0 Å². The molecule has 0 amide bonds. The molecule has 0 aliphatic carbocycles. The molecule has 2 aliphatic heterocycles. The van der Waals surface area contributed by atoms with Crippen molar-refractivity contribution in [2.75, 3.05) is 20.2 Å². The number of carboxylic acids is 1. The molecule has 188 valence electrons. The SMILES string of the molecule is COC(=O)C1=C(CN2CC(F)(F)CC2C(=O)O)NC(c2ncc(Cl)s2)=NC1C.Fc1ccccc1. The van der Waals surface area contributed by atoms with Gasteiger partial charge in [-0.3, -0.25) is 14.7 Å². The number of likely N-dealkylation sites (tertiary alicyclic amines) is 1. The lowest BCUT2D eigenvalue weighted by Crippen LogP contribution is -2.44. The summed E-state index contributed by atoms with van der Waals surface area (Å²) in [5, 5.41) is 12.7. The molecule has 4 rings (SSSR count). The number of carboxylic acid groups (broad SMARTS) is 1. The Morgan fingerprint density at radius 3 is 2.54 bits per heavy atom. The van der Waals surface area contributed by atoms with Crippen molar-refractivity contribution in [3.63, 3.8) is 0 Å². The van der Waals surface area contributed by atoms with E-state index in [0.717, 1.165) is 16.2 Å². The normalized spacial score (nSPS) is 21.5. The van der Waals surface area contributed by atoms with E-state index in [0.29, 0.717) is 15.2 Å². The lowest BCUT2D eigenvalue weighted by atomic mass is 10.0. The Morgan fingerprint density at radius 2 is 2.03 bits per heavy atom. The Kier molecular flexibility index (Phi) is 8.51. The summed E-state index contributed by atoms with van der Waals surface area (Å²) >= 11 is 7.06. The lowest BCUT2D eigenvalue weighted by Gasteiger charge is -2.28. The summed E-state index contributed by atoms with van der Waals surface area (Å²) in [7, 11) is 1.20. The van der Waals surface area contributed by atoms with Gasteiger partial charge in [0.25, 0.3) is 5.92 Å². The highest BCUT2D eigenvalue weighted by Gasteiger charge is 2.48. The van der Waals surface area contributed by atoms with Crippen LogP contribution in [0, 0.1) is 5.82 Å². The molecule has 0 radical (unpaired) electrons. The van der Waals surface area contributed by atoms with Crippen molar-refractivity contribution >= 4 is 40.7 Å². The van der Waals surface area contributed by atoms with E-state index in [1.54, 1.807) is 25.1 Å². The first kappa shape index (κ1) is 26.6. The first-order valence-electron chi connectivity index (χ1n) is 10.3. The second-order valence-electron chi connectivity index (χ2n) is 7.75. The topological polar surface area (TPSA) is 104 Å². The predicted octanol–water partition coefficient (Wildman–Crippen LogP) is 3.58. The number of nitrogens with one attached hydrogen (secondary N) is 1. The molecule has 1 fully saturated rings. The number of rotatable bonds is 5. The molecule has 35 heavy (non-hydrogen) atoms. The maximum absolute atomic E-state index is 13.8. The zero-order chi connectivity index (χ0) is 25.8. The summed E-state index contributed by atoms with van der Waals surface area (Å²) in [5.74, 6) is -5.00. The standard InChI is InChI=1S/C16H17ClF2N4O4S.C6H5F/c1-7-11(15(26)27-2)8(22-12(21-7)13-20-4-10(17)28-13)5-23-6-16(18,19)3-9(23)14(24)25;7-6-4-2-1-3-5-6/h4,7,9H,3,5-6H2,1-2H3,(H,21,22)(H,24,25);1-5H. The van der Waals surface area contributed by atoms with E-state index in [4.69, 9.17) is 16.3 Å². The van der Waals surface area contributed by atoms with Crippen LogP contribution in [0.2, 0.25) is 4.34 Å². The van der Waals surface area contributed by atoms with Crippen LogP contribution in [0.1, 0.15) is 18.4 Å². The van der Waals surface area contributed by atoms with Crippen LogP contribution in [-0.2, 0) is 14.3 Å². The zero-order valence-electron chi connectivity index (χ0n) is 18.7. The van der Waals surface area contributed by atoms with E-state index in [1.807, 2.05) is 0 Å². The lowest BCUT2D eigenvalue weighted by molar-refractivity contribution is -0.142. The number of hydrogen-bond acceptors (Lipinski definition) is 8. The third-order valence-corrected chi connectivity index (χ3v) is 6.29. The summed E-state index contributed by atoms with van der Waals surface area (Å²) in [6.45, 7) is 0.711. The highest BCUT2D eigenvalue weighted by atomic mass is 35.5. The third-order valence-electron chi connectivity index (χ3n) is 5.17. The first-order valence-corrected chi connectivity index (χ1v) is 11.5. The summed E-state index contributed by atoms with van der Waals surface area (Å²) in [6, 6.07) is 5.93. The molecular weight excluding hydrogens is 509 g/mol. The van der Waals surface area contributed by atoms with Gasteiger partial charge >= 0.3 is 11.9 Å². The van der Waals surface area contributed by atoms with Crippen LogP contribution >= 0.6 is 22.9 Å². The Hall–Kier alpha value is -2.96. The van der Waals surface area contributed by atoms with Crippen LogP contribution in [-0.4, -0.2) is 71.0 Å². The van der Waals surface area contributed by atoms with Gasteiger partial charge in [0.2, 0.25) is 0 Å². The predicted molar refractivity (Wildman–Crippen MR) is 124 cm³/mol. The molecular formula is C22H22ClF3N4O4S. The van der Waals surface area contributed by atoms with Crippen molar-refractivity contribution in [1.29, 1.82) is 0 Å². The number of halogens is 4. The fraction of sp³-hybridized carbons (Fsp3) is 0.364. The summed E-state index contributed by atoms with van der Waals surface area (Å²) in [4.78, 5) is 33.3. The maximum atomic E-state index is 13.8. The molecule has 13 heteroatoms. The molecule has 0 bridgehead atoms. The molecule has 2 atom stereocenters. The summed E-state index contributed by atoms with van der Waals surface area (Å²) in [6.07, 6.45) is 0.652. The van der Waals surface area contributed by atoms with Gasteiger partial charge in [0.1, 0.15) is 16.2 Å². The van der Waals surface area contributed by atoms with Gasteiger partial charge in [-0.15, -0.1) is 0 Å². The van der Waals surface area contributed by atoms with E-state index in [1.165, 1.54) is 25.4 Å². The average Bonchev–Trinajstić information content (AvgIpc) is 3.36. The summed E-state index contributed by atoms with van der Waals surface area (Å²) < 4.78 is 44.8. The number of benzene rings is 1. The van der Waals surface area contributed by atoms with Crippen molar-refractivity contribution in [2.24, 2.45) is 4.99 Å². The number of alkyl halides is 2.